The first kappa shape index (κ1) is 22.9. The van der Waals surface area contributed by atoms with Crippen LogP contribution in [-0.2, 0) is 10.0 Å². The van der Waals surface area contributed by atoms with E-state index >= 15 is 0 Å². The topological polar surface area (TPSA) is 97.3 Å². The summed E-state index contributed by atoms with van der Waals surface area (Å²) >= 11 is 0.961. The van der Waals surface area contributed by atoms with Gasteiger partial charge in [0, 0.05) is 0 Å². The van der Waals surface area contributed by atoms with Crippen molar-refractivity contribution < 1.29 is 14.3 Å². The van der Waals surface area contributed by atoms with Crippen LogP contribution in [-0.4, -0.2) is 62.0 Å². The Labute approximate surface area is 208 Å². The number of imide groups is 1. The molecule has 2 aliphatic rings. The third-order valence-corrected chi connectivity index (χ3v) is 9.58. The molecule has 2 amide bonds. The van der Waals surface area contributed by atoms with E-state index < -0.39 is 0 Å². The molecule has 1 unspecified atom stereocenters. The van der Waals surface area contributed by atoms with E-state index in [0.29, 0.717) is 21.3 Å². The zero-order valence-electron chi connectivity index (χ0n) is 18.6. The van der Waals surface area contributed by atoms with Gasteiger partial charge in [-0.1, -0.05) is 0 Å². The van der Waals surface area contributed by atoms with Crippen molar-refractivity contribution in [3.63, 3.8) is 0 Å². The Balaban J connectivity index is 1.25. The van der Waals surface area contributed by atoms with Gasteiger partial charge in [-0.3, -0.25) is 0 Å². The maximum absolute atomic E-state index is 11.8. The molecule has 1 atom stereocenters. The number of nitrogens with one attached hydrogen (secondary N) is 1. The third kappa shape index (κ3) is 5.10. The molecule has 0 bridgehead atoms. The fraction of sp³-hybridized carbons (Fsp3) is 0.292. The number of benzene rings is 1. The van der Waals surface area contributed by atoms with E-state index in [4.69, 9.17) is 9.72 Å². The molecule has 5 rings (SSSR count). The molecule has 34 heavy (non-hydrogen) atoms. The average molecular weight is 536 g/mol. The Morgan fingerprint density at radius 1 is 1.24 bits per heavy atom. The molecule has 1 radical (unpaired) electrons. The number of carbonyl (C=O) groups excluding carboxylic acids is 2. The van der Waals surface area contributed by atoms with Gasteiger partial charge in [0.2, 0.25) is 0 Å². The molecule has 2 aromatic heterocycles. The number of nitrogens with zero attached hydrogens (tertiary/aromatic N) is 4. The second-order valence-corrected chi connectivity index (χ2v) is 12.0. The summed E-state index contributed by atoms with van der Waals surface area (Å²) in [5.41, 5.74) is 2.66. The molecule has 1 N–H and O–H groups in total. The number of ether oxygens (including phenoxy) is 1. The molecular formula is C24H23AsN5O3S. The summed E-state index contributed by atoms with van der Waals surface area (Å²) in [5.74, 6) is 1.10. The van der Waals surface area contributed by atoms with Gasteiger partial charge in [-0.25, -0.2) is 0 Å². The first-order chi connectivity index (χ1) is 16.6. The predicted molar refractivity (Wildman–Crippen MR) is 134 cm³/mol. The van der Waals surface area contributed by atoms with Crippen molar-refractivity contribution in [3.8, 4) is 5.75 Å². The van der Waals surface area contributed by atoms with Crippen LogP contribution in [0.15, 0.2) is 47.5 Å². The number of carbonyl (C=O) groups is 2. The number of aromatic nitrogens is 3. The fourth-order valence-corrected chi connectivity index (χ4v) is 7.46. The van der Waals surface area contributed by atoms with Crippen LogP contribution in [0.3, 0.4) is 0 Å². The van der Waals surface area contributed by atoms with Crippen molar-refractivity contribution in [2.45, 2.75) is 22.8 Å². The minimum absolute atomic E-state index is 0.0659. The fourth-order valence-electron chi connectivity index (χ4n) is 4.07. The van der Waals surface area contributed by atoms with Crippen LogP contribution < -0.4 is 15.0 Å². The molecule has 0 aliphatic carbocycles. The predicted octanol–water partition coefficient (Wildman–Crippen LogP) is 3.65. The number of pyridine rings is 1. The molecule has 2 saturated heterocycles. The van der Waals surface area contributed by atoms with Crippen molar-refractivity contribution in [3.05, 3.63) is 58.9 Å². The quantitative estimate of drug-likeness (QED) is 0.377. The minimum atomic E-state index is -0.378. The van der Waals surface area contributed by atoms with E-state index in [1.54, 1.807) is 25.4 Å². The van der Waals surface area contributed by atoms with Gasteiger partial charge in [-0.15, -0.1) is 0 Å². The van der Waals surface area contributed by atoms with Gasteiger partial charge in [0.25, 0.3) is 0 Å². The van der Waals surface area contributed by atoms with Crippen LogP contribution in [0.4, 0.5) is 10.7 Å². The summed E-state index contributed by atoms with van der Waals surface area (Å²) in [5, 5.41) is 4.00. The number of anilines is 1. The number of para-hydroxylation sites is 1. The van der Waals surface area contributed by atoms with E-state index in [1.165, 1.54) is 6.42 Å². The maximum atomic E-state index is 11.8. The first-order valence-electron chi connectivity index (χ1n) is 11.0. The zero-order chi connectivity index (χ0) is 23.5. The van der Waals surface area contributed by atoms with Gasteiger partial charge in [-0.05, 0) is 0 Å². The number of methoxy groups -OCH3 is 1. The van der Waals surface area contributed by atoms with Crippen LogP contribution in [0.5, 0.6) is 5.75 Å². The van der Waals surface area contributed by atoms with Gasteiger partial charge in [0.1, 0.15) is 0 Å². The number of hydrogen-bond donors (Lipinski definition) is 1. The number of piperidine rings is 1. The monoisotopic (exact) mass is 536 g/mol. The number of hydrogen-bond acceptors (Lipinski definition) is 8. The van der Waals surface area contributed by atoms with Gasteiger partial charge >= 0.3 is 209 Å². The van der Waals surface area contributed by atoms with E-state index in [2.05, 4.69) is 38.4 Å². The van der Waals surface area contributed by atoms with E-state index in [0.717, 1.165) is 58.8 Å². The number of fused-ring (bicyclic) bond motifs is 1. The molecule has 0 spiro atoms. The molecule has 173 valence electrons. The summed E-state index contributed by atoms with van der Waals surface area (Å²) < 4.78 is 6.09. The average Bonchev–Trinajstić information content (AvgIpc) is 3.18. The van der Waals surface area contributed by atoms with Crippen LogP contribution in [0.1, 0.15) is 24.2 Å². The first-order valence-corrected chi connectivity index (χ1v) is 14.2. The molecule has 10 heteroatoms. The Kier molecular flexibility index (Phi) is 6.83. The van der Waals surface area contributed by atoms with Crippen molar-refractivity contribution in [1.29, 1.82) is 0 Å². The Hall–Kier alpha value is -2.90. The second-order valence-electron chi connectivity index (χ2n) is 8.05. The van der Waals surface area contributed by atoms with Crippen molar-refractivity contribution in [1.82, 2.24) is 20.3 Å². The number of rotatable bonds is 6. The normalized spacial score (nSPS) is 20.0. The Bertz CT molecular complexity index is 1280. The molecule has 3 aromatic rings. The SMILES string of the molecule is COc1cccc2ccc(C[As]C3CCCN(c4nccc(/C=C5/SC(=O)NC5=O)n4)C3)nc12. The van der Waals surface area contributed by atoms with Crippen molar-refractivity contribution in [2.24, 2.45) is 0 Å². The van der Waals surface area contributed by atoms with Crippen molar-refractivity contribution >= 4 is 61.6 Å². The molecule has 0 saturated carbocycles. The number of thioether (sulfide) groups is 1. The molecule has 8 nitrogen and oxygen atoms in total. The third-order valence-electron chi connectivity index (χ3n) is 5.74. The van der Waals surface area contributed by atoms with Crippen LogP contribution in [0.2, 0.25) is 4.71 Å². The zero-order valence-corrected chi connectivity index (χ0v) is 21.3. The van der Waals surface area contributed by atoms with E-state index in [9.17, 15) is 9.59 Å². The molecule has 2 aliphatic heterocycles. The van der Waals surface area contributed by atoms with Crippen molar-refractivity contribution in [2.75, 3.05) is 25.1 Å². The molecule has 1 aromatic carbocycles. The van der Waals surface area contributed by atoms with E-state index in [1.807, 2.05) is 12.1 Å². The summed E-state index contributed by atoms with van der Waals surface area (Å²) in [4.78, 5) is 39.8. The second kappa shape index (κ2) is 10.2. The van der Waals surface area contributed by atoms with Gasteiger partial charge < -0.3 is 0 Å². The summed E-state index contributed by atoms with van der Waals surface area (Å²) in [6.45, 7) is 1.83. The van der Waals surface area contributed by atoms with Crippen LogP contribution >= 0.6 is 11.8 Å². The standard InChI is InChI=1S/C24H23AsN5O3S/c1-33-19-6-2-4-15-7-8-18(27-21(15)19)13-25-16-5-3-11-30(14-16)23-26-10-9-17(28-23)12-20-22(31)29-24(32)34-20/h2,4,6-10,12,16H,3,5,11,13-14H2,1H3,(H,29,31,32)/b20-12+. The van der Waals surface area contributed by atoms with Crippen LogP contribution in [0, 0.1) is 0 Å². The van der Waals surface area contributed by atoms with Crippen LogP contribution in [0.25, 0.3) is 17.0 Å². The Morgan fingerprint density at radius 2 is 2.15 bits per heavy atom. The number of amides is 2. The summed E-state index contributed by atoms with van der Waals surface area (Å²) in [6, 6.07) is 12.0. The molecule has 4 heterocycles. The molecular weight excluding hydrogens is 513 g/mol. The summed E-state index contributed by atoms with van der Waals surface area (Å²) in [6.07, 6.45) is 5.65. The van der Waals surface area contributed by atoms with Gasteiger partial charge in [0.15, 0.2) is 0 Å². The van der Waals surface area contributed by atoms with Gasteiger partial charge in [0.05, 0.1) is 0 Å². The Morgan fingerprint density at radius 3 is 2.97 bits per heavy atom. The summed E-state index contributed by atoms with van der Waals surface area (Å²) in [7, 11) is 1.68. The molecule has 2 fully saturated rings. The van der Waals surface area contributed by atoms with E-state index in [-0.39, 0.29) is 26.9 Å². The van der Waals surface area contributed by atoms with Gasteiger partial charge in [-0.2, -0.15) is 0 Å².